The van der Waals surface area contributed by atoms with Crippen molar-refractivity contribution in [2.24, 2.45) is 0 Å². The standard InChI is InChI=1S/C12H16O4/c1-2-3-9(13)7-14-10-4-5-11-12(6-10)16-8-15-11/h4-6,9,13H,2-3,7-8H2,1H3. The average Bonchev–Trinajstić information content (AvgIpc) is 2.74. The Labute approximate surface area is 94.8 Å². The van der Waals surface area contributed by atoms with Crippen LogP contribution in [0.5, 0.6) is 17.2 Å². The van der Waals surface area contributed by atoms with Crippen LogP contribution in [0.3, 0.4) is 0 Å². The van der Waals surface area contributed by atoms with Gasteiger partial charge in [0.25, 0.3) is 0 Å². The van der Waals surface area contributed by atoms with Crippen LogP contribution in [0.2, 0.25) is 0 Å². The number of aliphatic hydroxyl groups is 1. The Morgan fingerprint density at radius 2 is 2.19 bits per heavy atom. The summed E-state index contributed by atoms with van der Waals surface area (Å²) in [6.07, 6.45) is 1.30. The number of hydrogen-bond acceptors (Lipinski definition) is 4. The maximum absolute atomic E-state index is 9.52. The highest BCUT2D eigenvalue weighted by Gasteiger charge is 2.14. The quantitative estimate of drug-likeness (QED) is 0.830. The Balaban J connectivity index is 1.90. The molecule has 16 heavy (non-hydrogen) atoms. The molecule has 0 saturated heterocycles. The molecule has 4 nitrogen and oxygen atoms in total. The monoisotopic (exact) mass is 224 g/mol. The molecule has 1 aliphatic heterocycles. The van der Waals surface area contributed by atoms with Gasteiger partial charge < -0.3 is 19.3 Å². The van der Waals surface area contributed by atoms with Crippen molar-refractivity contribution >= 4 is 0 Å². The van der Waals surface area contributed by atoms with Crippen LogP contribution >= 0.6 is 0 Å². The largest absolute Gasteiger partial charge is 0.491 e. The molecule has 0 aromatic heterocycles. The van der Waals surface area contributed by atoms with E-state index < -0.39 is 6.10 Å². The summed E-state index contributed by atoms with van der Waals surface area (Å²) in [6, 6.07) is 5.40. The van der Waals surface area contributed by atoms with Crippen LogP contribution in [-0.2, 0) is 0 Å². The minimum absolute atomic E-state index is 0.261. The van der Waals surface area contributed by atoms with Crippen LogP contribution in [0.15, 0.2) is 18.2 Å². The first-order valence-electron chi connectivity index (χ1n) is 5.50. The molecule has 1 aromatic rings. The van der Waals surface area contributed by atoms with E-state index in [4.69, 9.17) is 14.2 Å². The zero-order chi connectivity index (χ0) is 11.4. The van der Waals surface area contributed by atoms with Gasteiger partial charge in [0.15, 0.2) is 11.5 Å². The van der Waals surface area contributed by atoms with Gasteiger partial charge in [-0.25, -0.2) is 0 Å². The van der Waals surface area contributed by atoms with E-state index in [0.29, 0.717) is 18.1 Å². The molecular formula is C12H16O4. The highest BCUT2D eigenvalue weighted by Crippen LogP contribution is 2.35. The van der Waals surface area contributed by atoms with Gasteiger partial charge in [-0.1, -0.05) is 13.3 Å². The maximum atomic E-state index is 9.52. The lowest BCUT2D eigenvalue weighted by atomic mass is 10.2. The summed E-state index contributed by atoms with van der Waals surface area (Å²) < 4.78 is 15.9. The fraction of sp³-hybridized carbons (Fsp3) is 0.500. The van der Waals surface area contributed by atoms with E-state index in [1.165, 1.54) is 0 Å². The van der Waals surface area contributed by atoms with Crippen molar-refractivity contribution in [1.82, 2.24) is 0 Å². The summed E-state index contributed by atoms with van der Waals surface area (Å²) in [6.45, 7) is 2.61. The molecule has 88 valence electrons. The van der Waals surface area contributed by atoms with Crippen LogP contribution < -0.4 is 14.2 Å². The van der Waals surface area contributed by atoms with Gasteiger partial charge in [0.1, 0.15) is 12.4 Å². The van der Waals surface area contributed by atoms with E-state index in [1.54, 1.807) is 6.07 Å². The van der Waals surface area contributed by atoms with Crippen molar-refractivity contribution < 1.29 is 19.3 Å². The van der Waals surface area contributed by atoms with Crippen molar-refractivity contribution in [2.45, 2.75) is 25.9 Å². The number of hydrogen-bond donors (Lipinski definition) is 1. The van der Waals surface area contributed by atoms with Gasteiger partial charge in [0.2, 0.25) is 6.79 Å². The van der Waals surface area contributed by atoms with Crippen molar-refractivity contribution in [3.8, 4) is 17.2 Å². The lowest BCUT2D eigenvalue weighted by Gasteiger charge is -2.11. The Hall–Kier alpha value is -1.42. The Morgan fingerprint density at radius 1 is 1.38 bits per heavy atom. The minimum Gasteiger partial charge on any atom is -0.491 e. The molecule has 2 rings (SSSR count). The molecule has 0 fully saturated rings. The molecule has 1 aliphatic rings. The molecule has 1 unspecified atom stereocenters. The molecule has 4 heteroatoms. The topological polar surface area (TPSA) is 47.9 Å². The minimum atomic E-state index is -0.407. The lowest BCUT2D eigenvalue weighted by Crippen LogP contribution is -2.16. The van der Waals surface area contributed by atoms with Crippen LogP contribution in [-0.4, -0.2) is 24.6 Å². The molecule has 1 aromatic carbocycles. The second-order valence-electron chi connectivity index (χ2n) is 3.77. The van der Waals surface area contributed by atoms with Gasteiger partial charge in [0.05, 0.1) is 6.10 Å². The van der Waals surface area contributed by atoms with Crippen LogP contribution in [0.4, 0.5) is 0 Å². The first-order chi connectivity index (χ1) is 7.79. The van der Waals surface area contributed by atoms with Crippen LogP contribution in [0.1, 0.15) is 19.8 Å². The third-order valence-corrected chi connectivity index (χ3v) is 2.41. The number of fused-ring (bicyclic) bond motifs is 1. The highest BCUT2D eigenvalue weighted by atomic mass is 16.7. The SMILES string of the molecule is CCCC(O)COc1ccc2c(c1)OCO2. The number of rotatable bonds is 5. The summed E-state index contributed by atoms with van der Waals surface area (Å²) in [4.78, 5) is 0. The van der Waals surface area contributed by atoms with Gasteiger partial charge in [-0.05, 0) is 18.6 Å². The van der Waals surface area contributed by atoms with E-state index in [0.717, 1.165) is 18.6 Å². The third-order valence-electron chi connectivity index (χ3n) is 2.41. The normalized spacial score (nSPS) is 14.9. The first-order valence-corrected chi connectivity index (χ1v) is 5.50. The van der Waals surface area contributed by atoms with Gasteiger partial charge >= 0.3 is 0 Å². The summed E-state index contributed by atoms with van der Waals surface area (Å²) >= 11 is 0. The van der Waals surface area contributed by atoms with Gasteiger partial charge in [0, 0.05) is 6.07 Å². The number of aliphatic hydroxyl groups excluding tert-OH is 1. The summed E-state index contributed by atoms with van der Waals surface area (Å²) in [5.74, 6) is 2.13. The molecule has 1 heterocycles. The van der Waals surface area contributed by atoms with Crippen molar-refractivity contribution in [3.05, 3.63) is 18.2 Å². The lowest BCUT2D eigenvalue weighted by molar-refractivity contribution is 0.0992. The second-order valence-corrected chi connectivity index (χ2v) is 3.77. The third kappa shape index (κ3) is 2.58. The second kappa shape index (κ2) is 5.07. The Kier molecular flexibility index (Phi) is 3.51. The fourth-order valence-corrected chi connectivity index (χ4v) is 1.58. The molecule has 0 aliphatic carbocycles. The fourth-order valence-electron chi connectivity index (χ4n) is 1.58. The summed E-state index contributed by atoms with van der Waals surface area (Å²) in [5.41, 5.74) is 0. The predicted molar refractivity (Wildman–Crippen MR) is 59.0 cm³/mol. The molecule has 0 saturated carbocycles. The van der Waals surface area contributed by atoms with E-state index in [-0.39, 0.29) is 6.79 Å². The molecule has 1 N–H and O–H groups in total. The van der Waals surface area contributed by atoms with E-state index in [9.17, 15) is 5.11 Å². The molecular weight excluding hydrogens is 208 g/mol. The van der Waals surface area contributed by atoms with E-state index >= 15 is 0 Å². The molecule has 0 amide bonds. The summed E-state index contributed by atoms with van der Waals surface area (Å²) in [7, 11) is 0. The molecule has 0 spiro atoms. The van der Waals surface area contributed by atoms with E-state index in [2.05, 4.69) is 0 Å². The van der Waals surface area contributed by atoms with Crippen molar-refractivity contribution in [3.63, 3.8) is 0 Å². The van der Waals surface area contributed by atoms with E-state index in [1.807, 2.05) is 19.1 Å². The highest BCUT2D eigenvalue weighted by molar-refractivity contribution is 5.46. The van der Waals surface area contributed by atoms with Crippen LogP contribution in [0, 0.1) is 0 Å². The average molecular weight is 224 g/mol. The molecule has 0 bridgehead atoms. The summed E-state index contributed by atoms with van der Waals surface area (Å²) in [5, 5.41) is 9.52. The Morgan fingerprint density at radius 3 is 3.00 bits per heavy atom. The number of benzene rings is 1. The zero-order valence-corrected chi connectivity index (χ0v) is 9.31. The smallest absolute Gasteiger partial charge is 0.231 e. The first kappa shape index (κ1) is 11.1. The van der Waals surface area contributed by atoms with Gasteiger partial charge in [-0.3, -0.25) is 0 Å². The molecule has 1 atom stereocenters. The van der Waals surface area contributed by atoms with Crippen molar-refractivity contribution in [2.75, 3.05) is 13.4 Å². The number of ether oxygens (including phenoxy) is 3. The van der Waals surface area contributed by atoms with Gasteiger partial charge in [-0.15, -0.1) is 0 Å². The maximum Gasteiger partial charge on any atom is 0.231 e. The molecule has 0 radical (unpaired) electrons. The Bertz CT molecular complexity index is 351. The van der Waals surface area contributed by atoms with Crippen molar-refractivity contribution in [1.29, 1.82) is 0 Å². The van der Waals surface area contributed by atoms with Crippen LogP contribution in [0.25, 0.3) is 0 Å². The predicted octanol–water partition coefficient (Wildman–Crippen LogP) is 1.96. The zero-order valence-electron chi connectivity index (χ0n) is 9.31. The van der Waals surface area contributed by atoms with Gasteiger partial charge in [-0.2, -0.15) is 0 Å².